The third-order valence-electron chi connectivity index (χ3n) is 3.91. The van der Waals surface area contributed by atoms with Crippen molar-refractivity contribution in [3.8, 4) is 5.75 Å². The van der Waals surface area contributed by atoms with Crippen LogP contribution < -0.4 is 0 Å². The monoisotopic (exact) mass is 415 g/mol. The fourth-order valence-electron chi connectivity index (χ4n) is 2.55. The van der Waals surface area contributed by atoms with Gasteiger partial charge in [-0.3, -0.25) is 0 Å². The first-order chi connectivity index (χ1) is 13.1. The highest BCUT2D eigenvalue weighted by molar-refractivity contribution is 7.97. The summed E-state index contributed by atoms with van der Waals surface area (Å²) in [6.45, 7) is 0. The lowest BCUT2D eigenvalue weighted by Crippen LogP contribution is -2.09. The van der Waals surface area contributed by atoms with Crippen LogP contribution in [0.5, 0.6) is 5.75 Å². The lowest BCUT2D eigenvalue weighted by atomic mass is 10.2. The van der Waals surface area contributed by atoms with Gasteiger partial charge < -0.3 is 5.11 Å². The summed E-state index contributed by atoms with van der Waals surface area (Å²) >= 11 is 0. The van der Waals surface area contributed by atoms with Crippen molar-refractivity contribution >= 4 is 10.9 Å². The van der Waals surface area contributed by atoms with E-state index in [1.165, 1.54) is 36.4 Å². The molecule has 0 fully saturated rings. The van der Waals surface area contributed by atoms with Gasteiger partial charge in [0.15, 0.2) is 14.7 Å². The van der Waals surface area contributed by atoms with Gasteiger partial charge >= 0.3 is 12.4 Å². The molecule has 8 heteroatoms. The first kappa shape index (κ1) is 20.1. The second-order valence-electron chi connectivity index (χ2n) is 5.84. The molecule has 0 aliphatic heterocycles. The Bertz CT molecular complexity index is 871. The zero-order valence-corrected chi connectivity index (χ0v) is 14.9. The van der Waals surface area contributed by atoms with Gasteiger partial charge in [-0.2, -0.15) is 26.3 Å². The third-order valence-corrected chi connectivity index (χ3v) is 6.14. The number of phenolic OH excluding ortho intramolecular Hbond substituents is 1. The van der Waals surface area contributed by atoms with Crippen LogP contribution in [0.3, 0.4) is 0 Å². The zero-order valence-electron chi connectivity index (χ0n) is 14.1. The van der Waals surface area contributed by atoms with Gasteiger partial charge in [-0.05, 0) is 72.8 Å². The van der Waals surface area contributed by atoms with E-state index in [0.717, 1.165) is 24.3 Å². The smallest absolute Gasteiger partial charge is 0.416 e. The summed E-state index contributed by atoms with van der Waals surface area (Å²) in [5.41, 5.74) is -1.61. The minimum Gasteiger partial charge on any atom is -0.508 e. The molecule has 1 N–H and O–H groups in total. The highest BCUT2D eigenvalue weighted by atomic mass is 32.2. The third kappa shape index (κ3) is 4.44. The van der Waals surface area contributed by atoms with Gasteiger partial charge in [-0.15, -0.1) is 0 Å². The van der Waals surface area contributed by atoms with Crippen LogP contribution in [0.1, 0.15) is 11.1 Å². The van der Waals surface area contributed by atoms with Gasteiger partial charge in [0.2, 0.25) is 0 Å². The fourth-order valence-corrected chi connectivity index (χ4v) is 4.59. The fraction of sp³-hybridized carbons (Fsp3) is 0.100. The predicted molar refractivity (Wildman–Crippen MR) is 93.2 cm³/mol. The van der Waals surface area contributed by atoms with E-state index in [-0.39, 0.29) is 5.75 Å². The van der Waals surface area contributed by atoms with Gasteiger partial charge in [0.25, 0.3) is 0 Å². The van der Waals surface area contributed by atoms with Crippen molar-refractivity contribution in [3.63, 3.8) is 0 Å². The van der Waals surface area contributed by atoms with E-state index < -0.39 is 34.4 Å². The number of phenols is 1. The van der Waals surface area contributed by atoms with Crippen molar-refractivity contribution in [2.75, 3.05) is 0 Å². The molecule has 0 unspecified atom stereocenters. The van der Waals surface area contributed by atoms with Crippen LogP contribution in [0.25, 0.3) is 0 Å². The first-order valence-electron chi connectivity index (χ1n) is 7.93. The molecular weight excluding hydrogens is 402 g/mol. The van der Waals surface area contributed by atoms with Crippen molar-refractivity contribution in [2.24, 2.45) is 0 Å². The molecule has 0 heterocycles. The molecule has 0 atom stereocenters. The lowest BCUT2D eigenvalue weighted by Gasteiger charge is -2.11. The van der Waals surface area contributed by atoms with Gasteiger partial charge in [0.1, 0.15) is 5.75 Å². The molecule has 3 rings (SSSR count). The molecule has 0 aliphatic carbocycles. The Morgan fingerprint density at radius 2 is 0.786 bits per heavy atom. The van der Waals surface area contributed by atoms with E-state index in [1.807, 2.05) is 0 Å². The Labute approximate surface area is 159 Å². The van der Waals surface area contributed by atoms with E-state index in [0.29, 0.717) is 14.7 Å². The molecule has 0 saturated heterocycles. The number of halogens is 6. The maximum Gasteiger partial charge on any atom is 0.416 e. The molecule has 0 bridgehead atoms. The molecule has 1 nitrogen and oxygen atoms in total. The van der Waals surface area contributed by atoms with Crippen LogP contribution in [0.15, 0.2) is 87.5 Å². The number of hydrogen-bond donors (Lipinski definition) is 1. The Hall–Kier alpha value is -2.61. The summed E-state index contributed by atoms with van der Waals surface area (Å²) in [7, 11) is -0.939. The zero-order chi connectivity index (χ0) is 20.5. The average molecular weight is 415 g/mol. The van der Waals surface area contributed by atoms with Crippen LogP contribution in [0.4, 0.5) is 26.3 Å². The quantitative estimate of drug-likeness (QED) is 0.381. The Morgan fingerprint density at radius 3 is 1.07 bits per heavy atom. The van der Waals surface area contributed by atoms with Crippen LogP contribution in [-0.2, 0) is 23.2 Å². The highest BCUT2D eigenvalue weighted by Gasteiger charge is 2.35. The van der Waals surface area contributed by atoms with Crippen LogP contribution >= 0.6 is 0 Å². The van der Waals surface area contributed by atoms with Crippen LogP contribution in [0.2, 0.25) is 0 Å². The molecule has 0 aromatic heterocycles. The van der Waals surface area contributed by atoms with Crippen molar-refractivity contribution in [2.45, 2.75) is 27.0 Å². The maximum absolute atomic E-state index is 12.8. The Balaban J connectivity index is 2.06. The number of rotatable bonds is 3. The standard InChI is InChI=1S/C20H12F6OS/c21-19(22,23)13-1-7-16(8-2-13)28(18-11-5-15(27)6-12-18)17-9-3-14(4-10-17)20(24,25)26/h1-12H/p+1. The lowest BCUT2D eigenvalue weighted by molar-refractivity contribution is -0.138. The minimum absolute atomic E-state index is 0.00661. The van der Waals surface area contributed by atoms with Gasteiger partial charge in [-0.25, -0.2) is 0 Å². The molecular formula is C20H13F6OS+. The first-order valence-corrected chi connectivity index (χ1v) is 9.16. The summed E-state index contributed by atoms with van der Waals surface area (Å²) in [4.78, 5) is 1.68. The van der Waals surface area contributed by atoms with E-state index >= 15 is 0 Å². The van der Waals surface area contributed by atoms with E-state index in [9.17, 15) is 31.4 Å². The highest BCUT2D eigenvalue weighted by Crippen LogP contribution is 2.36. The summed E-state index contributed by atoms with van der Waals surface area (Å²) in [5, 5.41) is 9.48. The van der Waals surface area contributed by atoms with Crippen LogP contribution in [-0.4, -0.2) is 5.11 Å². The molecule has 0 amide bonds. The van der Waals surface area contributed by atoms with E-state index in [4.69, 9.17) is 0 Å². The number of benzene rings is 3. The largest absolute Gasteiger partial charge is 0.508 e. The van der Waals surface area contributed by atoms with Crippen molar-refractivity contribution in [1.29, 1.82) is 0 Å². The molecule has 28 heavy (non-hydrogen) atoms. The van der Waals surface area contributed by atoms with Crippen molar-refractivity contribution < 1.29 is 31.4 Å². The predicted octanol–water partition coefficient (Wildman–Crippen LogP) is 6.53. The number of hydrogen-bond acceptors (Lipinski definition) is 1. The van der Waals surface area contributed by atoms with E-state index in [1.54, 1.807) is 12.1 Å². The second kappa shape index (κ2) is 7.43. The van der Waals surface area contributed by atoms with Crippen molar-refractivity contribution in [3.05, 3.63) is 83.9 Å². The summed E-state index contributed by atoms with van der Waals surface area (Å²) < 4.78 is 77.0. The van der Waals surface area contributed by atoms with Crippen LogP contribution in [0, 0.1) is 0 Å². The van der Waals surface area contributed by atoms with Crippen molar-refractivity contribution in [1.82, 2.24) is 0 Å². The topological polar surface area (TPSA) is 20.2 Å². The summed E-state index contributed by atoms with van der Waals surface area (Å²) in [6, 6.07) is 15.1. The Kier molecular flexibility index (Phi) is 5.34. The van der Waals surface area contributed by atoms with E-state index in [2.05, 4.69) is 0 Å². The number of alkyl halides is 6. The number of aromatic hydroxyl groups is 1. The van der Waals surface area contributed by atoms with Gasteiger partial charge in [-0.1, -0.05) is 0 Å². The van der Waals surface area contributed by atoms with Gasteiger partial charge in [0, 0.05) is 0 Å². The Morgan fingerprint density at radius 1 is 0.500 bits per heavy atom. The summed E-state index contributed by atoms with van der Waals surface area (Å²) in [5.74, 6) is 0.00661. The average Bonchev–Trinajstić information content (AvgIpc) is 2.63. The molecule has 3 aromatic carbocycles. The SMILES string of the molecule is Oc1ccc([S+](c2ccc(C(F)(F)F)cc2)c2ccc(C(F)(F)F)cc2)cc1. The molecule has 0 saturated carbocycles. The molecule has 0 spiro atoms. The maximum atomic E-state index is 12.8. The second-order valence-corrected chi connectivity index (χ2v) is 7.87. The molecule has 3 aromatic rings. The molecule has 146 valence electrons. The minimum atomic E-state index is -4.48. The normalized spacial score (nSPS) is 12.4. The van der Waals surface area contributed by atoms with Gasteiger partial charge in [0.05, 0.1) is 22.0 Å². The molecule has 0 radical (unpaired) electrons. The summed E-state index contributed by atoms with van der Waals surface area (Å²) in [6.07, 6.45) is -8.96. The molecule has 0 aliphatic rings.